The van der Waals surface area contributed by atoms with Gasteiger partial charge in [0.1, 0.15) is 0 Å². The van der Waals surface area contributed by atoms with E-state index in [0.29, 0.717) is 12.3 Å². The van der Waals surface area contributed by atoms with Crippen LogP contribution >= 0.6 is 11.8 Å². The maximum Gasteiger partial charge on any atom is 0.255 e. The van der Waals surface area contributed by atoms with Crippen molar-refractivity contribution in [3.8, 4) is 11.5 Å². The summed E-state index contributed by atoms with van der Waals surface area (Å²) < 4.78 is 4.97. The number of ether oxygens (including phenoxy) is 1. The molecule has 0 saturated heterocycles. The summed E-state index contributed by atoms with van der Waals surface area (Å²) in [5.74, 6) is 1.10. The van der Waals surface area contributed by atoms with Gasteiger partial charge in [-0.15, -0.1) is 0 Å². The number of methoxy groups -OCH3 is 1. The van der Waals surface area contributed by atoms with Crippen LogP contribution in [0.4, 0.5) is 0 Å². The number of carbonyl (C=O) groups is 1. The Morgan fingerprint density at radius 2 is 2.16 bits per heavy atom. The Labute approximate surface area is 118 Å². The number of nitrogens with one attached hydrogen (secondary N) is 1. The molecule has 0 radical (unpaired) electrons. The van der Waals surface area contributed by atoms with Crippen molar-refractivity contribution in [1.82, 2.24) is 5.32 Å². The summed E-state index contributed by atoms with van der Waals surface area (Å²) in [6.45, 7) is 0.629. The topological polar surface area (TPSA) is 58.6 Å². The van der Waals surface area contributed by atoms with E-state index in [0.717, 1.165) is 18.6 Å². The first-order valence-corrected chi connectivity index (χ1v) is 7.73. The van der Waals surface area contributed by atoms with Gasteiger partial charge in [0, 0.05) is 6.54 Å². The van der Waals surface area contributed by atoms with Crippen LogP contribution in [0.2, 0.25) is 0 Å². The van der Waals surface area contributed by atoms with Crippen molar-refractivity contribution in [2.45, 2.75) is 19.3 Å². The SMILES string of the molecule is COc1cccc(C(=O)NCCCCCSC)c1O. The van der Waals surface area contributed by atoms with Crippen molar-refractivity contribution in [2.24, 2.45) is 0 Å². The Kier molecular flexibility index (Phi) is 7.18. The first kappa shape index (κ1) is 15.7. The van der Waals surface area contributed by atoms with Crippen LogP contribution in [0.25, 0.3) is 0 Å². The van der Waals surface area contributed by atoms with Crippen LogP contribution in [0.3, 0.4) is 0 Å². The Balaban J connectivity index is 2.41. The molecule has 5 heteroatoms. The monoisotopic (exact) mass is 283 g/mol. The number of carbonyl (C=O) groups excluding carboxylic acids is 1. The number of amides is 1. The molecule has 0 aliphatic carbocycles. The molecule has 4 nitrogen and oxygen atoms in total. The molecule has 0 unspecified atom stereocenters. The minimum absolute atomic E-state index is 0.107. The Morgan fingerprint density at radius 1 is 1.37 bits per heavy atom. The number of hydrogen-bond donors (Lipinski definition) is 2. The van der Waals surface area contributed by atoms with Gasteiger partial charge >= 0.3 is 0 Å². The van der Waals surface area contributed by atoms with Gasteiger partial charge in [0.15, 0.2) is 11.5 Å². The van der Waals surface area contributed by atoms with Crippen molar-refractivity contribution in [3.63, 3.8) is 0 Å². The zero-order chi connectivity index (χ0) is 14.1. The fourth-order valence-corrected chi connectivity index (χ4v) is 2.21. The van der Waals surface area contributed by atoms with E-state index >= 15 is 0 Å². The van der Waals surface area contributed by atoms with E-state index in [1.165, 1.54) is 13.5 Å². The summed E-state index contributed by atoms with van der Waals surface area (Å²) >= 11 is 1.83. The molecule has 1 amide bonds. The molecule has 0 heterocycles. The molecule has 0 fully saturated rings. The normalized spacial score (nSPS) is 10.2. The van der Waals surface area contributed by atoms with Crippen LogP contribution in [0.5, 0.6) is 11.5 Å². The highest BCUT2D eigenvalue weighted by Gasteiger charge is 2.13. The maximum atomic E-state index is 11.9. The fourth-order valence-electron chi connectivity index (χ4n) is 1.72. The van der Waals surface area contributed by atoms with Crippen molar-refractivity contribution < 1.29 is 14.6 Å². The zero-order valence-electron chi connectivity index (χ0n) is 11.4. The molecule has 0 aliphatic heterocycles. The van der Waals surface area contributed by atoms with Gasteiger partial charge in [-0.1, -0.05) is 12.5 Å². The Bertz CT molecular complexity index is 410. The Hall–Kier alpha value is -1.36. The van der Waals surface area contributed by atoms with Gasteiger partial charge in [-0.3, -0.25) is 4.79 Å². The second-order valence-corrected chi connectivity index (χ2v) is 5.15. The summed E-state index contributed by atoms with van der Waals surface area (Å²) in [7, 11) is 1.46. The largest absolute Gasteiger partial charge is 0.504 e. The van der Waals surface area contributed by atoms with Crippen LogP contribution in [0.1, 0.15) is 29.6 Å². The minimum Gasteiger partial charge on any atom is -0.504 e. The number of para-hydroxylation sites is 1. The average molecular weight is 283 g/mol. The molecule has 2 N–H and O–H groups in total. The molecule has 0 atom stereocenters. The van der Waals surface area contributed by atoms with Crippen LogP contribution in [0, 0.1) is 0 Å². The van der Waals surface area contributed by atoms with Crippen LogP contribution < -0.4 is 10.1 Å². The van der Waals surface area contributed by atoms with Crippen molar-refractivity contribution in [1.29, 1.82) is 0 Å². The molecule has 1 aromatic carbocycles. The number of hydrogen-bond acceptors (Lipinski definition) is 4. The van der Waals surface area contributed by atoms with E-state index in [1.807, 2.05) is 11.8 Å². The summed E-state index contributed by atoms with van der Waals surface area (Å²) in [4.78, 5) is 11.9. The number of unbranched alkanes of at least 4 members (excludes halogenated alkanes) is 2. The zero-order valence-corrected chi connectivity index (χ0v) is 12.3. The van der Waals surface area contributed by atoms with E-state index in [1.54, 1.807) is 18.2 Å². The predicted octanol–water partition coefficient (Wildman–Crippen LogP) is 2.66. The highest BCUT2D eigenvalue weighted by molar-refractivity contribution is 7.98. The summed E-state index contributed by atoms with van der Waals surface area (Å²) in [6.07, 6.45) is 5.32. The molecule has 0 aromatic heterocycles. The van der Waals surface area contributed by atoms with Gasteiger partial charge in [0.2, 0.25) is 0 Å². The van der Waals surface area contributed by atoms with Gasteiger partial charge < -0.3 is 15.2 Å². The van der Waals surface area contributed by atoms with Crippen LogP contribution in [-0.2, 0) is 0 Å². The molecule has 19 heavy (non-hydrogen) atoms. The third-order valence-corrected chi connectivity index (χ3v) is 3.47. The van der Waals surface area contributed by atoms with Crippen molar-refractivity contribution >= 4 is 17.7 Å². The standard InChI is InChI=1S/C14H21NO3S/c1-18-12-8-6-7-11(13(12)16)14(17)15-9-4-3-5-10-19-2/h6-8,16H,3-5,9-10H2,1-2H3,(H,15,17). The third-order valence-electron chi connectivity index (χ3n) is 2.77. The molecular formula is C14H21NO3S. The van der Waals surface area contributed by atoms with Gasteiger partial charge in [-0.25, -0.2) is 0 Å². The summed E-state index contributed by atoms with van der Waals surface area (Å²) in [5.41, 5.74) is 0.253. The van der Waals surface area contributed by atoms with Gasteiger partial charge in [0.25, 0.3) is 5.91 Å². The number of rotatable bonds is 8. The van der Waals surface area contributed by atoms with Gasteiger partial charge in [-0.05, 0) is 37.0 Å². The molecule has 0 saturated carbocycles. The third kappa shape index (κ3) is 5.03. The second kappa shape index (κ2) is 8.69. The van der Waals surface area contributed by atoms with Gasteiger partial charge in [-0.2, -0.15) is 11.8 Å². The molecule has 0 aliphatic rings. The van der Waals surface area contributed by atoms with Crippen molar-refractivity contribution in [3.05, 3.63) is 23.8 Å². The molecule has 0 spiro atoms. The van der Waals surface area contributed by atoms with E-state index in [4.69, 9.17) is 4.74 Å². The first-order chi connectivity index (χ1) is 9.20. The van der Waals surface area contributed by atoms with Crippen LogP contribution in [-0.4, -0.2) is 36.7 Å². The molecular weight excluding hydrogens is 262 g/mol. The fraction of sp³-hybridized carbons (Fsp3) is 0.500. The predicted molar refractivity (Wildman–Crippen MR) is 79.2 cm³/mol. The smallest absolute Gasteiger partial charge is 0.255 e. The number of phenols is 1. The highest BCUT2D eigenvalue weighted by atomic mass is 32.2. The van der Waals surface area contributed by atoms with Gasteiger partial charge in [0.05, 0.1) is 12.7 Å². The lowest BCUT2D eigenvalue weighted by atomic mass is 10.1. The molecule has 1 rings (SSSR count). The summed E-state index contributed by atoms with van der Waals surface area (Å²) in [5, 5.41) is 12.7. The lowest BCUT2D eigenvalue weighted by molar-refractivity contribution is 0.0949. The molecule has 1 aromatic rings. The van der Waals surface area contributed by atoms with E-state index in [9.17, 15) is 9.90 Å². The highest BCUT2D eigenvalue weighted by Crippen LogP contribution is 2.29. The Morgan fingerprint density at radius 3 is 2.84 bits per heavy atom. The minimum atomic E-state index is -0.263. The summed E-state index contributed by atoms with van der Waals surface area (Å²) in [6, 6.07) is 4.89. The van der Waals surface area contributed by atoms with E-state index in [2.05, 4.69) is 11.6 Å². The van der Waals surface area contributed by atoms with E-state index in [-0.39, 0.29) is 17.2 Å². The second-order valence-electron chi connectivity index (χ2n) is 4.17. The number of aromatic hydroxyl groups is 1. The number of phenolic OH excluding ortho intramolecular Hbond substituents is 1. The average Bonchev–Trinajstić information content (AvgIpc) is 2.42. The maximum absolute atomic E-state index is 11.9. The lowest BCUT2D eigenvalue weighted by Crippen LogP contribution is -2.24. The van der Waals surface area contributed by atoms with Crippen molar-refractivity contribution in [2.75, 3.05) is 25.7 Å². The van der Waals surface area contributed by atoms with E-state index < -0.39 is 0 Å². The first-order valence-electron chi connectivity index (χ1n) is 6.33. The quantitative estimate of drug-likeness (QED) is 0.720. The number of benzene rings is 1. The van der Waals surface area contributed by atoms with Crippen LogP contribution in [0.15, 0.2) is 18.2 Å². The lowest BCUT2D eigenvalue weighted by Gasteiger charge is -2.09. The molecule has 0 bridgehead atoms. The number of thioether (sulfide) groups is 1. The molecule has 106 valence electrons.